The van der Waals surface area contributed by atoms with Gasteiger partial charge in [0, 0.05) is 22.8 Å². The predicted molar refractivity (Wildman–Crippen MR) is 93.3 cm³/mol. The summed E-state index contributed by atoms with van der Waals surface area (Å²) in [6, 6.07) is 15.0. The van der Waals surface area contributed by atoms with Crippen LogP contribution in [-0.4, -0.2) is 19.0 Å². The average molecular weight is 337 g/mol. The van der Waals surface area contributed by atoms with Crippen molar-refractivity contribution in [3.63, 3.8) is 0 Å². The highest BCUT2D eigenvalue weighted by Crippen LogP contribution is 2.23. The Bertz CT molecular complexity index is 637. The Balaban J connectivity index is 0.00000176. The highest BCUT2D eigenvalue weighted by Gasteiger charge is 2.16. The average Bonchev–Trinajstić information content (AvgIpc) is 3.02. The zero-order valence-electron chi connectivity index (χ0n) is 12.0. The lowest BCUT2D eigenvalue weighted by Gasteiger charge is -2.10. The molecule has 1 amide bonds. The molecule has 22 heavy (non-hydrogen) atoms. The van der Waals surface area contributed by atoms with Gasteiger partial charge in [-0.2, -0.15) is 0 Å². The number of hydrogen-bond donors (Lipinski definition) is 2. The summed E-state index contributed by atoms with van der Waals surface area (Å²) in [5, 5.41) is 6.81. The van der Waals surface area contributed by atoms with E-state index in [1.54, 1.807) is 24.3 Å². The van der Waals surface area contributed by atoms with Crippen LogP contribution in [0, 0.1) is 0 Å². The fraction of sp³-hybridized carbons (Fsp3) is 0.235. The molecule has 2 N–H and O–H groups in total. The molecule has 0 aromatic heterocycles. The predicted octanol–water partition coefficient (Wildman–Crippen LogP) is 4.09. The molecule has 1 atom stereocenters. The first-order valence-electron chi connectivity index (χ1n) is 7.10. The van der Waals surface area contributed by atoms with Gasteiger partial charge in [0.1, 0.15) is 0 Å². The molecule has 0 spiro atoms. The van der Waals surface area contributed by atoms with E-state index in [2.05, 4.69) is 22.8 Å². The molecule has 3 nitrogen and oxygen atoms in total. The maximum atomic E-state index is 12.1. The molecule has 1 fully saturated rings. The quantitative estimate of drug-likeness (QED) is 0.886. The monoisotopic (exact) mass is 336 g/mol. The summed E-state index contributed by atoms with van der Waals surface area (Å²) in [6.45, 7) is 2.12. The highest BCUT2D eigenvalue weighted by molar-refractivity contribution is 6.31. The molecule has 1 saturated heterocycles. The molecule has 2 aromatic carbocycles. The number of benzene rings is 2. The molecule has 5 heteroatoms. The normalized spacial score (nSPS) is 16.9. The molecule has 1 heterocycles. The van der Waals surface area contributed by atoms with Gasteiger partial charge in [0.05, 0.1) is 0 Å². The zero-order valence-corrected chi connectivity index (χ0v) is 13.6. The third-order valence-electron chi connectivity index (χ3n) is 3.79. The number of carbonyl (C=O) groups excluding carboxylic acids is 1. The Labute approximate surface area is 141 Å². The second-order valence-electron chi connectivity index (χ2n) is 5.28. The molecule has 0 bridgehead atoms. The van der Waals surface area contributed by atoms with Gasteiger partial charge in [-0.3, -0.25) is 4.79 Å². The summed E-state index contributed by atoms with van der Waals surface area (Å²) in [7, 11) is 0. The lowest BCUT2D eigenvalue weighted by Crippen LogP contribution is -2.12. The topological polar surface area (TPSA) is 41.1 Å². The second kappa shape index (κ2) is 7.63. The van der Waals surface area contributed by atoms with Gasteiger partial charge in [-0.15, -0.1) is 12.4 Å². The summed E-state index contributed by atoms with van der Waals surface area (Å²) in [5.41, 5.74) is 2.68. The van der Waals surface area contributed by atoms with E-state index in [0.29, 0.717) is 16.5 Å². The van der Waals surface area contributed by atoms with Gasteiger partial charge in [-0.1, -0.05) is 29.8 Å². The number of rotatable bonds is 3. The molecular formula is C17H18Cl2N2O. The summed E-state index contributed by atoms with van der Waals surface area (Å²) in [4.78, 5) is 12.1. The van der Waals surface area contributed by atoms with Crippen LogP contribution in [0.5, 0.6) is 0 Å². The van der Waals surface area contributed by atoms with Crippen molar-refractivity contribution in [1.82, 2.24) is 5.32 Å². The lowest BCUT2D eigenvalue weighted by molar-refractivity contribution is 0.102. The highest BCUT2D eigenvalue weighted by atomic mass is 35.5. The minimum atomic E-state index is -0.146. The largest absolute Gasteiger partial charge is 0.322 e. The number of carbonyl (C=O) groups is 1. The number of halogens is 2. The van der Waals surface area contributed by atoms with Gasteiger partial charge in [-0.25, -0.2) is 0 Å². The van der Waals surface area contributed by atoms with E-state index < -0.39 is 0 Å². The number of nitrogens with one attached hydrogen (secondary N) is 2. The first-order valence-corrected chi connectivity index (χ1v) is 7.48. The van der Waals surface area contributed by atoms with E-state index >= 15 is 0 Å². The van der Waals surface area contributed by atoms with Crippen molar-refractivity contribution < 1.29 is 4.79 Å². The van der Waals surface area contributed by atoms with Crippen LogP contribution in [0.15, 0.2) is 48.5 Å². The first kappa shape index (κ1) is 16.8. The molecule has 116 valence electrons. The van der Waals surface area contributed by atoms with Gasteiger partial charge >= 0.3 is 0 Å². The smallest absolute Gasteiger partial charge is 0.255 e. The third-order valence-corrected chi connectivity index (χ3v) is 4.02. The van der Waals surface area contributed by atoms with Crippen LogP contribution >= 0.6 is 24.0 Å². The van der Waals surface area contributed by atoms with E-state index in [0.717, 1.165) is 18.8 Å². The van der Waals surface area contributed by atoms with E-state index in [4.69, 9.17) is 11.6 Å². The van der Waals surface area contributed by atoms with E-state index in [9.17, 15) is 4.79 Å². The molecular weight excluding hydrogens is 319 g/mol. The van der Waals surface area contributed by atoms with Gasteiger partial charge in [0.15, 0.2) is 0 Å². The molecule has 3 rings (SSSR count). The minimum absolute atomic E-state index is 0. The van der Waals surface area contributed by atoms with Crippen molar-refractivity contribution in [2.45, 2.75) is 12.3 Å². The SMILES string of the molecule is Cl.O=C(Nc1ccc(C2CCNC2)cc1)c1cccc(Cl)c1. The molecule has 0 saturated carbocycles. The van der Waals surface area contributed by atoms with Gasteiger partial charge in [-0.05, 0) is 54.8 Å². The number of hydrogen-bond acceptors (Lipinski definition) is 2. The maximum Gasteiger partial charge on any atom is 0.255 e. The van der Waals surface area contributed by atoms with Crippen LogP contribution in [0.1, 0.15) is 28.3 Å². The van der Waals surface area contributed by atoms with Crippen LogP contribution in [0.3, 0.4) is 0 Å². The Morgan fingerprint density at radius 3 is 2.59 bits per heavy atom. The standard InChI is InChI=1S/C17H17ClN2O.ClH/c18-15-3-1-2-13(10-15)17(21)20-16-6-4-12(5-7-16)14-8-9-19-11-14;/h1-7,10,14,19H,8-9,11H2,(H,20,21);1H. The van der Waals surface area contributed by atoms with Crippen LogP contribution in [0.2, 0.25) is 5.02 Å². The summed E-state index contributed by atoms with van der Waals surface area (Å²) < 4.78 is 0. The molecule has 1 aliphatic heterocycles. The minimum Gasteiger partial charge on any atom is -0.322 e. The van der Waals surface area contributed by atoms with Crippen molar-refractivity contribution >= 4 is 35.6 Å². The van der Waals surface area contributed by atoms with Crippen molar-refractivity contribution in [2.24, 2.45) is 0 Å². The Morgan fingerprint density at radius 2 is 1.95 bits per heavy atom. The van der Waals surface area contributed by atoms with E-state index in [1.807, 2.05) is 12.1 Å². The molecule has 1 aliphatic rings. The maximum absolute atomic E-state index is 12.1. The Kier molecular flexibility index (Phi) is 5.83. The molecule has 1 unspecified atom stereocenters. The van der Waals surface area contributed by atoms with E-state index in [-0.39, 0.29) is 18.3 Å². The number of amides is 1. The Hall–Kier alpha value is -1.55. The second-order valence-corrected chi connectivity index (χ2v) is 5.71. The van der Waals surface area contributed by atoms with Crippen LogP contribution < -0.4 is 10.6 Å². The van der Waals surface area contributed by atoms with Crippen molar-refractivity contribution in [1.29, 1.82) is 0 Å². The summed E-state index contributed by atoms with van der Waals surface area (Å²) in [6.07, 6.45) is 1.17. The van der Waals surface area contributed by atoms with Gasteiger partial charge in [0.2, 0.25) is 0 Å². The van der Waals surface area contributed by atoms with E-state index in [1.165, 1.54) is 12.0 Å². The van der Waals surface area contributed by atoms with Crippen LogP contribution in [-0.2, 0) is 0 Å². The molecule has 0 radical (unpaired) electrons. The lowest BCUT2D eigenvalue weighted by atomic mass is 9.98. The van der Waals surface area contributed by atoms with Gasteiger partial charge < -0.3 is 10.6 Å². The fourth-order valence-corrected chi connectivity index (χ4v) is 2.80. The van der Waals surface area contributed by atoms with Crippen LogP contribution in [0.25, 0.3) is 0 Å². The van der Waals surface area contributed by atoms with Crippen molar-refractivity contribution in [2.75, 3.05) is 18.4 Å². The fourth-order valence-electron chi connectivity index (χ4n) is 2.61. The first-order chi connectivity index (χ1) is 10.2. The van der Waals surface area contributed by atoms with Crippen LogP contribution in [0.4, 0.5) is 5.69 Å². The molecule has 2 aromatic rings. The zero-order chi connectivity index (χ0) is 14.7. The third kappa shape index (κ3) is 4.01. The molecule has 0 aliphatic carbocycles. The van der Waals surface area contributed by atoms with Crippen molar-refractivity contribution in [3.05, 3.63) is 64.7 Å². The van der Waals surface area contributed by atoms with Crippen molar-refractivity contribution in [3.8, 4) is 0 Å². The summed E-state index contributed by atoms with van der Waals surface area (Å²) in [5.74, 6) is 0.440. The summed E-state index contributed by atoms with van der Waals surface area (Å²) >= 11 is 5.90. The number of anilines is 1. The van der Waals surface area contributed by atoms with Gasteiger partial charge in [0.25, 0.3) is 5.91 Å². The Morgan fingerprint density at radius 1 is 1.18 bits per heavy atom.